The standard InChI is InChI=1S/C22H22N4O2/c27-20(21-9-5-11-28-21)14-24-13-19-16-26(15-17-6-2-1-3-7-17)25-22(19)18-8-4-10-23-12-18/h1-12,16,20,24,27H,13-15H2. The second-order valence-electron chi connectivity index (χ2n) is 6.59. The zero-order valence-electron chi connectivity index (χ0n) is 15.4. The lowest BCUT2D eigenvalue weighted by molar-refractivity contribution is 0.147. The van der Waals surface area contributed by atoms with Gasteiger partial charge in [0.15, 0.2) is 0 Å². The molecular weight excluding hydrogens is 352 g/mol. The minimum Gasteiger partial charge on any atom is -0.467 e. The van der Waals surface area contributed by atoms with E-state index in [0.717, 1.165) is 16.8 Å². The predicted molar refractivity (Wildman–Crippen MR) is 106 cm³/mol. The van der Waals surface area contributed by atoms with Crippen LogP contribution in [0.15, 0.2) is 83.9 Å². The summed E-state index contributed by atoms with van der Waals surface area (Å²) in [7, 11) is 0. The van der Waals surface area contributed by atoms with Crippen molar-refractivity contribution in [1.29, 1.82) is 0 Å². The normalized spacial score (nSPS) is 12.2. The highest BCUT2D eigenvalue weighted by molar-refractivity contribution is 5.61. The maximum atomic E-state index is 10.2. The first-order valence-corrected chi connectivity index (χ1v) is 9.22. The summed E-state index contributed by atoms with van der Waals surface area (Å²) in [5.74, 6) is 0.555. The molecule has 0 saturated heterocycles. The van der Waals surface area contributed by atoms with Crippen molar-refractivity contribution in [2.24, 2.45) is 0 Å². The predicted octanol–water partition coefficient (Wildman–Crippen LogP) is 3.41. The molecule has 4 rings (SSSR count). The quantitative estimate of drug-likeness (QED) is 0.494. The summed E-state index contributed by atoms with van der Waals surface area (Å²) >= 11 is 0. The average molecular weight is 374 g/mol. The van der Waals surface area contributed by atoms with E-state index in [4.69, 9.17) is 9.52 Å². The van der Waals surface area contributed by atoms with Gasteiger partial charge in [-0.25, -0.2) is 0 Å². The molecule has 0 fully saturated rings. The Morgan fingerprint density at radius 3 is 2.71 bits per heavy atom. The molecule has 3 heterocycles. The van der Waals surface area contributed by atoms with Gasteiger partial charge >= 0.3 is 0 Å². The van der Waals surface area contributed by atoms with Gasteiger partial charge in [-0.1, -0.05) is 30.3 Å². The molecule has 1 atom stereocenters. The van der Waals surface area contributed by atoms with Gasteiger partial charge in [0.25, 0.3) is 0 Å². The Kier molecular flexibility index (Phi) is 5.61. The third-order valence-electron chi connectivity index (χ3n) is 4.48. The first-order chi connectivity index (χ1) is 13.8. The SMILES string of the molecule is OC(CNCc1cn(Cc2ccccc2)nc1-c1cccnc1)c1ccco1. The Balaban J connectivity index is 1.51. The number of hydrogen-bond acceptors (Lipinski definition) is 5. The molecule has 0 radical (unpaired) electrons. The van der Waals surface area contributed by atoms with E-state index in [1.807, 2.05) is 47.4 Å². The van der Waals surface area contributed by atoms with Gasteiger partial charge in [-0.05, 0) is 29.8 Å². The number of aliphatic hydroxyl groups is 1. The number of aliphatic hydroxyl groups excluding tert-OH is 1. The van der Waals surface area contributed by atoms with Crippen LogP contribution in [-0.2, 0) is 13.1 Å². The van der Waals surface area contributed by atoms with Crippen LogP contribution in [0, 0.1) is 0 Å². The Bertz CT molecular complexity index is 982. The van der Waals surface area contributed by atoms with Gasteiger partial charge in [-0.2, -0.15) is 5.10 Å². The van der Waals surface area contributed by atoms with E-state index in [1.165, 1.54) is 5.56 Å². The largest absolute Gasteiger partial charge is 0.467 e. The first kappa shape index (κ1) is 18.2. The zero-order chi connectivity index (χ0) is 19.2. The van der Waals surface area contributed by atoms with Crippen LogP contribution in [0.5, 0.6) is 0 Å². The van der Waals surface area contributed by atoms with E-state index < -0.39 is 6.10 Å². The molecule has 4 aromatic rings. The Morgan fingerprint density at radius 2 is 1.96 bits per heavy atom. The highest BCUT2D eigenvalue weighted by Gasteiger charge is 2.14. The van der Waals surface area contributed by atoms with Crippen molar-refractivity contribution in [3.8, 4) is 11.3 Å². The maximum absolute atomic E-state index is 10.2. The van der Waals surface area contributed by atoms with Crippen LogP contribution < -0.4 is 5.32 Å². The Morgan fingerprint density at radius 1 is 1.07 bits per heavy atom. The monoisotopic (exact) mass is 374 g/mol. The third kappa shape index (κ3) is 4.36. The summed E-state index contributed by atoms with van der Waals surface area (Å²) in [5.41, 5.74) is 4.10. The Labute approximate surface area is 163 Å². The molecule has 3 aromatic heterocycles. The van der Waals surface area contributed by atoms with Crippen LogP contribution in [0.25, 0.3) is 11.3 Å². The molecule has 28 heavy (non-hydrogen) atoms. The van der Waals surface area contributed by atoms with Crippen molar-refractivity contribution in [3.05, 3.63) is 96.3 Å². The molecule has 0 aliphatic carbocycles. The number of furan rings is 1. The highest BCUT2D eigenvalue weighted by Crippen LogP contribution is 2.22. The molecule has 1 unspecified atom stereocenters. The summed E-state index contributed by atoms with van der Waals surface area (Å²) in [5, 5.41) is 18.3. The van der Waals surface area contributed by atoms with Crippen LogP contribution in [0.4, 0.5) is 0 Å². The molecule has 0 aliphatic rings. The molecule has 142 valence electrons. The molecule has 6 heteroatoms. The van der Waals surface area contributed by atoms with Crippen LogP contribution in [0.3, 0.4) is 0 Å². The van der Waals surface area contributed by atoms with Gasteiger partial charge in [0.1, 0.15) is 11.9 Å². The summed E-state index contributed by atoms with van der Waals surface area (Å²) < 4.78 is 7.19. The van der Waals surface area contributed by atoms with Crippen molar-refractivity contribution in [1.82, 2.24) is 20.1 Å². The number of hydrogen-bond donors (Lipinski definition) is 2. The number of benzene rings is 1. The fourth-order valence-electron chi connectivity index (χ4n) is 3.11. The van der Waals surface area contributed by atoms with Gasteiger partial charge in [-0.3, -0.25) is 9.67 Å². The van der Waals surface area contributed by atoms with Gasteiger partial charge in [0, 0.05) is 42.8 Å². The zero-order valence-corrected chi connectivity index (χ0v) is 15.4. The van der Waals surface area contributed by atoms with Crippen LogP contribution in [0.1, 0.15) is 23.0 Å². The van der Waals surface area contributed by atoms with E-state index in [-0.39, 0.29) is 0 Å². The van der Waals surface area contributed by atoms with Crippen molar-refractivity contribution in [2.45, 2.75) is 19.2 Å². The van der Waals surface area contributed by atoms with Crippen molar-refractivity contribution >= 4 is 0 Å². The lowest BCUT2D eigenvalue weighted by atomic mass is 10.1. The second kappa shape index (κ2) is 8.65. The summed E-state index contributed by atoms with van der Waals surface area (Å²) in [4.78, 5) is 4.22. The lowest BCUT2D eigenvalue weighted by Gasteiger charge is -2.09. The van der Waals surface area contributed by atoms with Crippen molar-refractivity contribution in [2.75, 3.05) is 6.54 Å². The number of rotatable bonds is 8. The minimum absolute atomic E-state index is 0.393. The molecule has 6 nitrogen and oxygen atoms in total. The van der Waals surface area contributed by atoms with Crippen LogP contribution in [-0.4, -0.2) is 26.4 Å². The van der Waals surface area contributed by atoms with E-state index >= 15 is 0 Å². The van der Waals surface area contributed by atoms with Crippen LogP contribution >= 0.6 is 0 Å². The van der Waals surface area contributed by atoms with Gasteiger partial charge in [0.05, 0.1) is 18.5 Å². The van der Waals surface area contributed by atoms with Gasteiger partial charge < -0.3 is 14.8 Å². The molecule has 0 bridgehead atoms. The fraction of sp³-hybridized carbons (Fsp3) is 0.182. The number of pyridine rings is 1. The minimum atomic E-state index is -0.684. The van der Waals surface area contributed by atoms with Crippen LogP contribution in [0.2, 0.25) is 0 Å². The molecule has 0 aliphatic heterocycles. The second-order valence-corrected chi connectivity index (χ2v) is 6.59. The van der Waals surface area contributed by atoms with E-state index in [0.29, 0.717) is 25.4 Å². The number of nitrogens with one attached hydrogen (secondary N) is 1. The smallest absolute Gasteiger partial charge is 0.133 e. The first-order valence-electron chi connectivity index (χ1n) is 9.22. The highest BCUT2D eigenvalue weighted by atomic mass is 16.4. The molecule has 0 saturated carbocycles. The summed E-state index contributed by atoms with van der Waals surface area (Å²) in [6, 6.07) is 17.7. The van der Waals surface area contributed by atoms with E-state index in [9.17, 15) is 5.11 Å². The maximum Gasteiger partial charge on any atom is 0.133 e. The lowest BCUT2D eigenvalue weighted by Crippen LogP contribution is -2.20. The fourth-order valence-corrected chi connectivity index (χ4v) is 3.11. The number of aromatic nitrogens is 3. The van der Waals surface area contributed by atoms with E-state index in [1.54, 1.807) is 24.6 Å². The summed E-state index contributed by atoms with van der Waals surface area (Å²) in [6.45, 7) is 1.67. The molecule has 2 N–H and O–H groups in total. The molecule has 0 spiro atoms. The molecule has 1 aromatic carbocycles. The van der Waals surface area contributed by atoms with Crippen molar-refractivity contribution in [3.63, 3.8) is 0 Å². The van der Waals surface area contributed by atoms with Gasteiger partial charge in [-0.15, -0.1) is 0 Å². The summed E-state index contributed by atoms with van der Waals surface area (Å²) in [6.07, 6.45) is 6.49. The molecular formula is C22H22N4O2. The average Bonchev–Trinajstić information content (AvgIpc) is 3.40. The third-order valence-corrected chi connectivity index (χ3v) is 4.48. The van der Waals surface area contributed by atoms with Crippen molar-refractivity contribution < 1.29 is 9.52 Å². The van der Waals surface area contributed by atoms with E-state index in [2.05, 4.69) is 22.4 Å². The topological polar surface area (TPSA) is 76.1 Å². The van der Waals surface area contributed by atoms with Gasteiger partial charge in [0.2, 0.25) is 0 Å². The number of nitrogens with zero attached hydrogens (tertiary/aromatic N) is 3. The molecule has 0 amide bonds. The Hall–Kier alpha value is -3.22.